The lowest BCUT2D eigenvalue weighted by molar-refractivity contribution is 0.480. The van der Waals surface area contributed by atoms with Crippen LogP contribution in [0.4, 0.5) is 0 Å². The molecular weight excluding hydrogens is 829 g/mol. The molecule has 1 aromatic heterocycles. The molecule has 0 saturated heterocycles. The Bertz CT molecular complexity index is 3470. The molecule has 0 radical (unpaired) electrons. The molecule has 0 fully saturated rings. The minimum absolute atomic E-state index is 0.0341. The van der Waals surface area contributed by atoms with Crippen molar-refractivity contribution in [2.24, 2.45) is 37.0 Å². The van der Waals surface area contributed by atoms with E-state index in [1.807, 2.05) is 0 Å². The predicted octanol–water partition coefficient (Wildman–Crippen LogP) is 1.13. The molecule has 2 atom stereocenters. The zero-order valence-electron chi connectivity index (χ0n) is 28.4. The first kappa shape index (κ1) is 36.9. The van der Waals surface area contributed by atoms with E-state index in [9.17, 15) is 51.9 Å². The van der Waals surface area contributed by atoms with E-state index in [4.69, 9.17) is 20.0 Å². The number of hydrogen-bond acceptors (Lipinski definition) is 15. The second-order valence-electron chi connectivity index (χ2n) is 13.0. The van der Waals surface area contributed by atoms with Crippen LogP contribution in [0.5, 0.6) is 0 Å². The first-order valence-corrected chi connectivity index (χ1v) is 21.9. The van der Waals surface area contributed by atoms with Gasteiger partial charge in [0.2, 0.25) is 0 Å². The van der Waals surface area contributed by atoms with Gasteiger partial charge in [0.05, 0.1) is 19.6 Å². The minimum Gasteiger partial charge on any atom is -0.313 e. The fourth-order valence-corrected chi connectivity index (χ4v) is 8.96. The van der Waals surface area contributed by atoms with Gasteiger partial charge in [-0.15, -0.1) is 0 Å². The zero-order chi connectivity index (χ0) is 40.6. The quantitative estimate of drug-likeness (QED) is 0.159. The molecule has 0 amide bonds. The number of nitrogens with zero attached hydrogens (tertiary/aromatic N) is 7. The molecule has 9 rings (SSSR count). The lowest BCUT2D eigenvalue weighted by Gasteiger charge is -2.10. The molecule has 24 heteroatoms. The molecule has 8 bridgehead atoms. The van der Waals surface area contributed by atoms with E-state index in [0.717, 1.165) is 42.5 Å². The van der Waals surface area contributed by atoms with E-state index in [-0.39, 0.29) is 72.9 Å². The van der Waals surface area contributed by atoms with Gasteiger partial charge in [-0.1, -0.05) is 6.07 Å². The highest BCUT2D eigenvalue weighted by atomic mass is 32.2. The maximum atomic E-state index is 12.3. The van der Waals surface area contributed by atoms with Crippen molar-refractivity contribution in [2.45, 2.75) is 31.9 Å². The van der Waals surface area contributed by atoms with Crippen molar-refractivity contribution in [1.82, 2.24) is 9.88 Å². The van der Waals surface area contributed by atoms with Crippen LogP contribution in [0.1, 0.15) is 45.7 Å². The van der Waals surface area contributed by atoms with Crippen molar-refractivity contribution >= 4 is 74.6 Å². The summed E-state index contributed by atoms with van der Waals surface area (Å²) in [5.74, 6) is -0.295. The fraction of sp³-hybridized carbons (Fsp3) is 0.0909. The van der Waals surface area contributed by atoms with E-state index >= 15 is 0 Å². The number of aromatic nitrogens is 1. The summed E-state index contributed by atoms with van der Waals surface area (Å²) >= 11 is 0. The van der Waals surface area contributed by atoms with Gasteiger partial charge in [0.15, 0.2) is 23.3 Å². The largest absolute Gasteiger partial charge is 0.313 e. The molecule has 0 aliphatic carbocycles. The third-order valence-corrected chi connectivity index (χ3v) is 13.0. The maximum Gasteiger partial charge on any atom is 0.294 e. The Hall–Kier alpha value is -5.70. The summed E-state index contributed by atoms with van der Waals surface area (Å²) < 4.78 is 139. The number of hydrogen-bond donors (Lipinski definition) is 5. The lowest BCUT2D eigenvalue weighted by Crippen LogP contribution is -2.26. The Labute approximate surface area is 321 Å². The molecule has 5 aromatic rings. The first-order valence-electron chi connectivity index (χ1n) is 16.1. The van der Waals surface area contributed by atoms with Gasteiger partial charge in [-0.3, -0.25) is 23.5 Å². The number of aliphatic imine (C=N–C) groups is 4. The predicted molar refractivity (Wildman–Crippen MR) is 199 cm³/mol. The molecular formula is C33H22N8O12S4. The van der Waals surface area contributed by atoms with Crippen molar-refractivity contribution in [3.8, 4) is 0 Å². The highest BCUT2D eigenvalue weighted by molar-refractivity contribution is 7.86. The number of amidine groups is 4. The van der Waals surface area contributed by atoms with Gasteiger partial charge in [0, 0.05) is 40.1 Å². The van der Waals surface area contributed by atoms with Gasteiger partial charge in [0.1, 0.15) is 23.3 Å². The molecule has 0 saturated carbocycles. The first-order chi connectivity index (χ1) is 26.6. The highest BCUT2D eigenvalue weighted by Gasteiger charge is 2.35. The minimum atomic E-state index is -4.74. The SMILES string of the molecule is Cn1/c2c3cc(S(=O)(=O)O)ccc3/c1=N\C1=NC(=N\C3NC(/N=C4N=C(/N=2)c2ccc(S(=O)(=O)O)cc2\4)c2ccc(S(=O)(=O)O)cc23)/c2ccc(S(=O)(=O)O)cc21. The van der Waals surface area contributed by atoms with Crippen LogP contribution >= 0.6 is 0 Å². The van der Waals surface area contributed by atoms with Gasteiger partial charge in [-0.05, 0) is 77.9 Å². The van der Waals surface area contributed by atoms with Gasteiger partial charge in [-0.2, -0.15) is 33.7 Å². The van der Waals surface area contributed by atoms with Crippen molar-refractivity contribution in [3.05, 3.63) is 117 Å². The molecule has 4 aromatic carbocycles. The Balaban J connectivity index is 1.41. The van der Waals surface area contributed by atoms with Gasteiger partial charge in [0.25, 0.3) is 40.5 Å². The summed E-state index contributed by atoms with van der Waals surface area (Å²) in [4.78, 5) is 26.3. The second kappa shape index (κ2) is 12.2. The second-order valence-corrected chi connectivity index (χ2v) is 18.7. The van der Waals surface area contributed by atoms with Crippen LogP contribution in [0.2, 0.25) is 0 Å². The Kier molecular flexibility index (Phi) is 7.87. The Morgan fingerprint density at radius 3 is 1.47 bits per heavy atom. The number of rotatable bonds is 4. The van der Waals surface area contributed by atoms with Crippen molar-refractivity contribution in [1.29, 1.82) is 0 Å². The van der Waals surface area contributed by atoms with Crippen molar-refractivity contribution in [2.75, 3.05) is 0 Å². The molecule has 57 heavy (non-hydrogen) atoms. The van der Waals surface area contributed by atoms with Crippen LogP contribution < -0.4 is 16.3 Å². The fourth-order valence-electron chi connectivity index (χ4n) is 6.92. The smallest absolute Gasteiger partial charge is 0.294 e. The molecule has 20 nitrogen and oxygen atoms in total. The van der Waals surface area contributed by atoms with Crippen LogP contribution in [0.3, 0.4) is 0 Å². The normalized spacial score (nSPS) is 21.8. The standard InChI is InChI=1S/C33H22N8O12S4/c1-41-32-21-9-5-17(57(51,52)53)13-25(21)33(41)39-28-20-8-4-15(55(45,46)47)11-23(20)30(38-28)35-26-18-6-2-14(54(42,43)44)10-22(18)29(34-26)36-27-19-7-3-16(56(48,49)50)12-24(19)31(37-27)40-32/h2-13,26,29,34H,1H3,(H,42,43,44)(H,45,46,47)(H,48,49,50)(H,51,52,53)/b35-30-,36-27-,39-33-,40-32+. The molecule has 0 spiro atoms. The number of fused-ring (bicyclic) bond motifs is 18. The van der Waals surface area contributed by atoms with E-state index in [1.54, 1.807) is 0 Å². The monoisotopic (exact) mass is 850 g/mol. The Morgan fingerprint density at radius 2 is 0.895 bits per heavy atom. The third kappa shape index (κ3) is 6.14. The molecule has 290 valence electrons. The molecule has 4 aliphatic heterocycles. The van der Waals surface area contributed by atoms with E-state index in [2.05, 4.69) is 15.3 Å². The number of benzene rings is 4. The maximum absolute atomic E-state index is 12.3. The van der Waals surface area contributed by atoms with Gasteiger partial charge < -0.3 is 4.57 Å². The summed E-state index contributed by atoms with van der Waals surface area (Å²) in [5.41, 5.74) is 1.38. The summed E-state index contributed by atoms with van der Waals surface area (Å²) in [6.07, 6.45) is -2.22. The van der Waals surface area contributed by atoms with Crippen LogP contribution in [0.25, 0.3) is 10.8 Å². The zero-order valence-corrected chi connectivity index (χ0v) is 31.7. The average molecular weight is 851 g/mol. The molecule has 4 aliphatic rings. The summed E-state index contributed by atoms with van der Waals surface area (Å²) in [6.45, 7) is 0. The van der Waals surface area contributed by atoms with Crippen LogP contribution in [-0.2, 0) is 47.5 Å². The number of nitrogens with one attached hydrogen (secondary N) is 1. The highest BCUT2D eigenvalue weighted by Crippen LogP contribution is 2.39. The molecule has 5 heterocycles. The van der Waals surface area contributed by atoms with Crippen LogP contribution in [0.15, 0.2) is 122 Å². The lowest BCUT2D eigenvalue weighted by atomic mass is 10.1. The summed E-state index contributed by atoms with van der Waals surface area (Å²) in [7, 11) is -17.4. The topological polar surface area (TPSA) is 309 Å². The van der Waals surface area contributed by atoms with Crippen molar-refractivity contribution < 1.29 is 51.9 Å². The third-order valence-electron chi connectivity index (χ3n) is 9.56. The van der Waals surface area contributed by atoms with Crippen molar-refractivity contribution in [3.63, 3.8) is 0 Å². The van der Waals surface area contributed by atoms with Crippen LogP contribution in [-0.4, -0.2) is 79.8 Å². The van der Waals surface area contributed by atoms with E-state index < -0.39 is 72.4 Å². The molecule has 2 unspecified atom stereocenters. The summed E-state index contributed by atoms with van der Waals surface area (Å²) in [5, 5.41) is 3.56. The van der Waals surface area contributed by atoms with Gasteiger partial charge in [-0.25, -0.2) is 30.0 Å². The van der Waals surface area contributed by atoms with Gasteiger partial charge >= 0.3 is 0 Å². The van der Waals surface area contributed by atoms with E-state index in [1.165, 1.54) is 41.9 Å². The van der Waals surface area contributed by atoms with Crippen LogP contribution in [0, 0.1) is 0 Å². The Morgan fingerprint density at radius 1 is 0.474 bits per heavy atom. The summed E-state index contributed by atoms with van der Waals surface area (Å²) in [6, 6.07) is 14.5. The molecule has 5 N–H and O–H groups in total. The average Bonchev–Trinajstić information content (AvgIpc) is 3.83. The van der Waals surface area contributed by atoms with E-state index in [0.29, 0.717) is 5.56 Å².